The predicted octanol–water partition coefficient (Wildman–Crippen LogP) is 1.81. The van der Waals surface area contributed by atoms with E-state index in [1.54, 1.807) is 20.4 Å². The molecule has 0 aliphatic rings. The number of hydrogen-bond donors (Lipinski definition) is 2. The summed E-state index contributed by atoms with van der Waals surface area (Å²) in [6.45, 7) is 0.495. The molecule has 1 heterocycles. The zero-order chi connectivity index (χ0) is 12.3. The van der Waals surface area contributed by atoms with Gasteiger partial charge in [-0.15, -0.1) is 0 Å². The molecule has 0 bridgehead atoms. The van der Waals surface area contributed by atoms with Crippen LogP contribution < -0.4 is 10.5 Å². The van der Waals surface area contributed by atoms with Crippen LogP contribution >= 0.6 is 0 Å². The first kappa shape index (κ1) is 11.5. The Labute approximate surface area is 99.5 Å². The summed E-state index contributed by atoms with van der Waals surface area (Å²) in [5.41, 5.74) is 8.54. The quantitative estimate of drug-likeness (QED) is 0.844. The highest BCUT2D eigenvalue weighted by atomic mass is 16.5. The minimum atomic E-state index is 0.495. The maximum Gasteiger partial charge on any atom is 0.132 e. The summed E-state index contributed by atoms with van der Waals surface area (Å²) in [6.07, 6.45) is 1.68. The van der Waals surface area contributed by atoms with Gasteiger partial charge in [0.2, 0.25) is 0 Å². The van der Waals surface area contributed by atoms with E-state index in [1.807, 2.05) is 18.2 Å². The minimum Gasteiger partial charge on any atom is -0.496 e. The molecule has 0 aliphatic heterocycles. The fourth-order valence-electron chi connectivity index (χ4n) is 1.82. The van der Waals surface area contributed by atoms with Gasteiger partial charge in [0.25, 0.3) is 0 Å². The molecular formula is C12H15N3O2. The number of benzene rings is 1. The molecule has 3 N–H and O–H groups in total. The van der Waals surface area contributed by atoms with Crippen LogP contribution in [0.3, 0.4) is 0 Å². The summed E-state index contributed by atoms with van der Waals surface area (Å²) >= 11 is 0. The molecule has 0 atom stereocenters. The van der Waals surface area contributed by atoms with E-state index in [-0.39, 0.29) is 0 Å². The van der Waals surface area contributed by atoms with Crippen molar-refractivity contribution in [3.63, 3.8) is 0 Å². The van der Waals surface area contributed by atoms with E-state index in [4.69, 9.17) is 15.2 Å². The van der Waals surface area contributed by atoms with Crippen LogP contribution in [0.4, 0.5) is 5.82 Å². The summed E-state index contributed by atoms with van der Waals surface area (Å²) in [6, 6.07) is 5.85. The standard InChI is InChI=1S/C12H15N3O2/c1-16-7-8-4-3-5-9(11(8)17-2)10-6-14-15-12(10)13/h3-6H,7H2,1-2H3,(H3,13,14,15). The number of rotatable bonds is 4. The summed E-state index contributed by atoms with van der Waals surface area (Å²) in [5, 5.41) is 6.62. The molecule has 0 amide bonds. The van der Waals surface area contributed by atoms with Gasteiger partial charge in [0, 0.05) is 23.8 Å². The predicted molar refractivity (Wildman–Crippen MR) is 65.7 cm³/mol. The number of aromatic nitrogens is 2. The molecule has 5 heteroatoms. The Bertz CT molecular complexity index is 508. The number of nitrogen functional groups attached to an aromatic ring is 1. The average molecular weight is 233 g/mol. The summed E-state index contributed by atoms with van der Waals surface area (Å²) < 4.78 is 10.6. The summed E-state index contributed by atoms with van der Waals surface area (Å²) in [5.74, 6) is 1.29. The molecule has 5 nitrogen and oxygen atoms in total. The molecule has 90 valence electrons. The monoisotopic (exact) mass is 233 g/mol. The number of methoxy groups -OCH3 is 2. The zero-order valence-electron chi connectivity index (χ0n) is 9.86. The fourth-order valence-corrected chi connectivity index (χ4v) is 1.82. The molecule has 0 saturated heterocycles. The molecule has 17 heavy (non-hydrogen) atoms. The van der Waals surface area contributed by atoms with Gasteiger partial charge in [-0.2, -0.15) is 5.10 Å². The third kappa shape index (κ3) is 2.09. The largest absolute Gasteiger partial charge is 0.496 e. The van der Waals surface area contributed by atoms with E-state index in [0.29, 0.717) is 12.4 Å². The molecule has 2 aromatic rings. The van der Waals surface area contributed by atoms with E-state index in [9.17, 15) is 0 Å². The third-order valence-electron chi connectivity index (χ3n) is 2.56. The van der Waals surface area contributed by atoms with E-state index in [0.717, 1.165) is 22.4 Å². The molecule has 0 spiro atoms. The molecule has 1 aromatic heterocycles. The second kappa shape index (κ2) is 4.88. The lowest BCUT2D eigenvalue weighted by molar-refractivity contribution is 0.181. The molecule has 0 radical (unpaired) electrons. The number of nitrogens with one attached hydrogen (secondary N) is 1. The first-order valence-electron chi connectivity index (χ1n) is 5.22. The van der Waals surface area contributed by atoms with Crippen LogP contribution in [0.2, 0.25) is 0 Å². The van der Waals surface area contributed by atoms with Gasteiger partial charge in [-0.05, 0) is 0 Å². The molecular weight excluding hydrogens is 218 g/mol. The number of ether oxygens (including phenoxy) is 2. The molecule has 2 rings (SSSR count). The lowest BCUT2D eigenvalue weighted by Gasteiger charge is -2.12. The number of H-pyrrole nitrogens is 1. The molecule has 0 saturated carbocycles. The molecule has 0 fully saturated rings. The Kier molecular flexibility index (Phi) is 3.30. The number of hydrogen-bond acceptors (Lipinski definition) is 4. The van der Waals surface area contributed by atoms with Gasteiger partial charge < -0.3 is 15.2 Å². The highest BCUT2D eigenvalue weighted by molar-refractivity contribution is 5.79. The summed E-state index contributed by atoms with van der Waals surface area (Å²) in [4.78, 5) is 0. The van der Waals surface area contributed by atoms with Crippen LogP contribution in [-0.2, 0) is 11.3 Å². The maximum absolute atomic E-state index is 5.82. The molecule has 0 aliphatic carbocycles. The minimum absolute atomic E-state index is 0.495. The van der Waals surface area contributed by atoms with Crippen LogP contribution in [0.15, 0.2) is 24.4 Å². The Morgan fingerprint density at radius 3 is 2.71 bits per heavy atom. The van der Waals surface area contributed by atoms with Gasteiger partial charge in [0.15, 0.2) is 0 Å². The SMILES string of the molecule is COCc1cccc(-c2cn[nH]c2N)c1OC. The van der Waals surface area contributed by atoms with Crippen molar-refractivity contribution in [1.82, 2.24) is 10.2 Å². The second-order valence-corrected chi connectivity index (χ2v) is 3.63. The lowest BCUT2D eigenvalue weighted by Crippen LogP contribution is -1.97. The number of anilines is 1. The van der Waals surface area contributed by atoms with E-state index >= 15 is 0 Å². The average Bonchev–Trinajstić information content (AvgIpc) is 2.75. The topological polar surface area (TPSA) is 73.2 Å². The van der Waals surface area contributed by atoms with Crippen molar-refractivity contribution in [3.8, 4) is 16.9 Å². The number of nitrogens with two attached hydrogens (primary N) is 1. The van der Waals surface area contributed by atoms with Gasteiger partial charge in [-0.25, -0.2) is 0 Å². The smallest absolute Gasteiger partial charge is 0.132 e. The van der Waals surface area contributed by atoms with Crippen LogP contribution in [-0.4, -0.2) is 24.4 Å². The number of nitrogens with zero attached hydrogens (tertiary/aromatic N) is 1. The Hall–Kier alpha value is -2.01. The van der Waals surface area contributed by atoms with Gasteiger partial charge in [0.05, 0.1) is 19.9 Å². The lowest BCUT2D eigenvalue weighted by atomic mass is 10.0. The second-order valence-electron chi connectivity index (χ2n) is 3.63. The normalized spacial score (nSPS) is 10.5. The molecule has 1 aromatic carbocycles. The van der Waals surface area contributed by atoms with E-state index < -0.39 is 0 Å². The first-order chi connectivity index (χ1) is 8.27. The maximum atomic E-state index is 5.82. The van der Waals surface area contributed by atoms with Crippen molar-refractivity contribution in [2.24, 2.45) is 0 Å². The van der Waals surface area contributed by atoms with Gasteiger partial charge >= 0.3 is 0 Å². The van der Waals surface area contributed by atoms with Gasteiger partial charge in [0.1, 0.15) is 11.6 Å². The molecule has 0 unspecified atom stereocenters. The van der Waals surface area contributed by atoms with Crippen LogP contribution in [0.5, 0.6) is 5.75 Å². The Morgan fingerprint density at radius 2 is 2.12 bits per heavy atom. The van der Waals surface area contributed by atoms with Crippen molar-refractivity contribution < 1.29 is 9.47 Å². The third-order valence-corrected chi connectivity index (χ3v) is 2.56. The first-order valence-corrected chi connectivity index (χ1v) is 5.22. The van der Waals surface area contributed by atoms with Crippen molar-refractivity contribution in [2.75, 3.05) is 20.0 Å². The Morgan fingerprint density at radius 1 is 1.29 bits per heavy atom. The fraction of sp³-hybridized carbons (Fsp3) is 0.250. The van der Waals surface area contributed by atoms with E-state index in [2.05, 4.69) is 10.2 Å². The Balaban J connectivity index is 2.54. The highest BCUT2D eigenvalue weighted by Gasteiger charge is 2.13. The summed E-state index contributed by atoms with van der Waals surface area (Å²) in [7, 11) is 3.28. The van der Waals surface area contributed by atoms with Crippen molar-refractivity contribution >= 4 is 5.82 Å². The van der Waals surface area contributed by atoms with Gasteiger partial charge in [-0.1, -0.05) is 18.2 Å². The van der Waals surface area contributed by atoms with Crippen LogP contribution in [0.1, 0.15) is 5.56 Å². The van der Waals surface area contributed by atoms with Crippen LogP contribution in [0, 0.1) is 0 Å². The van der Waals surface area contributed by atoms with Gasteiger partial charge in [-0.3, -0.25) is 5.10 Å². The van der Waals surface area contributed by atoms with E-state index in [1.165, 1.54) is 0 Å². The van der Waals surface area contributed by atoms with Crippen molar-refractivity contribution in [3.05, 3.63) is 30.0 Å². The number of aromatic amines is 1. The zero-order valence-corrected chi connectivity index (χ0v) is 9.86. The number of para-hydroxylation sites is 1. The van der Waals surface area contributed by atoms with Crippen LogP contribution in [0.25, 0.3) is 11.1 Å². The highest BCUT2D eigenvalue weighted by Crippen LogP contribution is 2.35. The van der Waals surface area contributed by atoms with Crippen molar-refractivity contribution in [1.29, 1.82) is 0 Å². The van der Waals surface area contributed by atoms with Crippen molar-refractivity contribution in [2.45, 2.75) is 6.61 Å².